The van der Waals surface area contributed by atoms with Crippen LogP contribution in [0.25, 0.3) is 0 Å². The first-order valence-corrected chi connectivity index (χ1v) is 8.57. The number of nitrogens with one attached hydrogen (secondary N) is 1. The van der Waals surface area contributed by atoms with Crippen molar-refractivity contribution in [2.75, 3.05) is 39.3 Å². The highest BCUT2D eigenvalue weighted by atomic mass is 35.5. The Morgan fingerprint density at radius 1 is 1.04 bits per heavy atom. The van der Waals surface area contributed by atoms with Gasteiger partial charge in [-0.05, 0) is 37.1 Å². The highest BCUT2D eigenvalue weighted by Crippen LogP contribution is 2.21. The van der Waals surface area contributed by atoms with Crippen LogP contribution < -0.4 is 5.32 Å². The minimum absolute atomic E-state index is 0.0144. The number of carbonyl (C=O) groups excluding carboxylic acids is 2. The quantitative estimate of drug-likeness (QED) is 0.893. The van der Waals surface area contributed by atoms with Crippen LogP contribution >= 0.6 is 11.6 Å². The van der Waals surface area contributed by atoms with E-state index >= 15 is 0 Å². The molecular formula is C17H22ClN3O2. The molecule has 6 heteroatoms. The largest absolute Gasteiger partial charge is 0.340 e. The second-order valence-electron chi connectivity index (χ2n) is 6.17. The number of nitrogens with zero attached hydrogens (tertiary/aromatic N) is 2. The van der Waals surface area contributed by atoms with Crippen LogP contribution in [0, 0.1) is 5.92 Å². The van der Waals surface area contributed by atoms with Crippen LogP contribution in [0.5, 0.6) is 0 Å². The molecule has 2 saturated heterocycles. The third-order valence-corrected chi connectivity index (χ3v) is 4.83. The highest BCUT2D eigenvalue weighted by Gasteiger charge is 2.31. The molecule has 0 aromatic heterocycles. The number of hydrogen-bond acceptors (Lipinski definition) is 3. The Hall–Kier alpha value is -1.59. The van der Waals surface area contributed by atoms with Crippen molar-refractivity contribution < 1.29 is 9.59 Å². The molecule has 2 aliphatic rings. The van der Waals surface area contributed by atoms with Gasteiger partial charge in [-0.25, -0.2) is 0 Å². The van der Waals surface area contributed by atoms with Gasteiger partial charge in [0.1, 0.15) is 0 Å². The van der Waals surface area contributed by atoms with Gasteiger partial charge in [0.05, 0.1) is 5.92 Å². The molecule has 2 fully saturated rings. The van der Waals surface area contributed by atoms with E-state index in [1.54, 1.807) is 29.2 Å². The lowest BCUT2D eigenvalue weighted by molar-refractivity contribution is -0.137. The van der Waals surface area contributed by atoms with Crippen molar-refractivity contribution in [2.45, 2.75) is 12.8 Å². The maximum Gasteiger partial charge on any atom is 0.253 e. The molecule has 0 spiro atoms. The van der Waals surface area contributed by atoms with Gasteiger partial charge in [-0.15, -0.1) is 0 Å². The molecule has 0 aliphatic carbocycles. The molecule has 1 unspecified atom stereocenters. The predicted molar refractivity (Wildman–Crippen MR) is 89.5 cm³/mol. The molecule has 2 amide bonds. The number of likely N-dealkylation sites (tertiary alicyclic amines) is 1. The number of piperidine rings is 1. The SMILES string of the molecule is O=C(c1ccc(Cl)cc1)N1CCCC(C(=O)N2CCNCC2)C1. The van der Waals surface area contributed by atoms with E-state index in [-0.39, 0.29) is 17.7 Å². The molecule has 1 aromatic rings. The number of benzene rings is 1. The van der Waals surface area contributed by atoms with Crippen LogP contribution in [-0.2, 0) is 4.79 Å². The maximum absolute atomic E-state index is 12.6. The lowest BCUT2D eigenvalue weighted by Crippen LogP contribution is -2.52. The summed E-state index contributed by atoms with van der Waals surface area (Å²) in [6, 6.07) is 6.93. The molecule has 5 nitrogen and oxygen atoms in total. The van der Waals surface area contributed by atoms with Gasteiger partial charge in [0.25, 0.3) is 5.91 Å². The fraction of sp³-hybridized carbons (Fsp3) is 0.529. The molecule has 3 rings (SSSR count). The van der Waals surface area contributed by atoms with Crippen molar-refractivity contribution in [3.63, 3.8) is 0 Å². The molecule has 1 atom stereocenters. The van der Waals surface area contributed by atoms with Crippen LogP contribution in [0.4, 0.5) is 0 Å². The van der Waals surface area contributed by atoms with Gasteiger partial charge in [-0.2, -0.15) is 0 Å². The van der Waals surface area contributed by atoms with E-state index in [0.717, 1.165) is 39.0 Å². The summed E-state index contributed by atoms with van der Waals surface area (Å²) in [4.78, 5) is 29.0. The zero-order chi connectivity index (χ0) is 16.2. The summed E-state index contributed by atoms with van der Waals surface area (Å²) in [5.41, 5.74) is 0.629. The summed E-state index contributed by atoms with van der Waals surface area (Å²) >= 11 is 5.87. The second-order valence-corrected chi connectivity index (χ2v) is 6.61. The Morgan fingerprint density at radius 2 is 1.74 bits per heavy atom. The van der Waals surface area contributed by atoms with Crippen LogP contribution in [0.3, 0.4) is 0 Å². The van der Waals surface area contributed by atoms with Gasteiger partial charge in [0, 0.05) is 49.9 Å². The van der Waals surface area contributed by atoms with Crippen LogP contribution in [0.2, 0.25) is 5.02 Å². The number of rotatable bonds is 2. The lowest BCUT2D eigenvalue weighted by atomic mass is 9.95. The summed E-state index contributed by atoms with van der Waals surface area (Å²) < 4.78 is 0. The Balaban J connectivity index is 1.64. The zero-order valence-corrected chi connectivity index (χ0v) is 13.9. The molecule has 124 valence electrons. The minimum Gasteiger partial charge on any atom is -0.340 e. The Labute approximate surface area is 141 Å². The zero-order valence-electron chi connectivity index (χ0n) is 13.1. The van der Waals surface area contributed by atoms with Gasteiger partial charge >= 0.3 is 0 Å². The summed E-state index contributed by atoms with van der Waals surface area (Å²) in [6.07, 6.45) is 1.75. The van der Waals surface area contributed by atoms with Crippen LogP contribution in [0.1, 0.15) is 23.2 Å². The molecule has 1 N–H and O–H groups in total. The second kappa shape index (κ2) is 7.32. The standard InChI is InChI=1S/C17H22ClN3O2/c18-15-5-3-13(4-6-15)16(22)21-9-1-2-14(12-21)17(23)20-10-7-19-8-11-20/h3-6,14,19H,1-2,7-12H2. The third kappa shape index (κ3) is 3.85. The van der Waals surface area contributed by atoms with Gasteiger partial charge in [0.2, 0.25) is 5.91 Å². The average Bonchev–Trinajstić information content (AvgIpc) is 2.62. The van der Waals surface area contributed by atoms with Gasteiger partial charge in [-0.3, -0.25) is 9.59 Å². The molecule has 0 radical (unpaired) electrons. The van der Waals surface area contributed by atoms with Crippen molar-refractivity contribution in [1.82, 2.24) is 15.1 Å². The molecule has 2 aliphatic heterocycles. The summed E-state index contributed by atoms with van der Waals surface area (Å²) in [5.74, 6) is 0.109. The molecular weight excluding hydrogens is 314 g/mol. The van der Waals surface area contributed by atoms with Gasteiger partial charge < -0.3 is 15.1 Å². The van der Waals surface area contributed by atoms with E-state index in [0.29, 0.717) is 23.7 Å². The monoisotopic (exact) mass is 335 g/mol. The smallest absolute Gasteiger partial charge is 0.253 e. The van der Waals surface area contributed by atoms with E-state index < -0.39 is 0 Å². The van der Waals surface area contributed by atoms with Crippen molar-refractivity contribution in [2.24, 2.45) is 5.92 Å². The third-order valence-electron chi connectivity index (χ3n) is 4.58. The number of halogens is 1. The average molecular weight is 336 g/mol. The van der Waals surface area contributed by atoms with Crippen molar-refractivity contribution in [3.8, 4) is 0 Å². The Kier molecular flexibility index (Phi) is 5.18. The predicted octanol–water partition coefficient (Wildman–Crippen LogP) is 1.62. The first-order valence-electron chi connectivity index (χ1n) is 8.19. The Morgan fingerprint density at radius 3 is 2.43 bits per heavy atom. The molecule has 0 bridgehead atoms. The number of hydrogen-bond donors (Lipinski definition) is 1. The van der Waals surface area contributed by atoms with Crippen molar-refractivity contribution in [1.29, 1.82) is 0 Å². The van der Waals surface area contributed by atoms with Crippen molar-refractivity contribution in [3.05, 3.63) is 34.9 Å². The van der Waals surface area contributed by atoms with E-state index in [4.69, 9.17) is 11.6 Å². The summed E-state index contributed by atoms with van der Waals surface area (Å²) in [5, 5.41) is 3.87. The molecule has 1 aromatic carbocycles. The highest BCUT2D eigenvalue weighted by molar-refractivity contribution is 6.30. The molecule has 2 heterocycles. The lowest BCUT2D eigenvalue weighted by Gasteiger charge is -2.36. The summed E-state index contributed by atoms with van der Waals surface area (Å²) in [7, 11) is 0. The number of piperazine rings is 1. The maximum atomic E-state index is 12.6. The fourth-order valence-corrected chi connectivity index (χ4v) is 3.41. The fourth-order valence-electron chi connectivity index (χ4n) is 3.28. The normalized spacial score (nSPS) is 22.0. The van der Waals surface area contributed by atoms with E-state index in [1.807, 2.05) is 4.90 Å². The van der Waals surface area contributed by atoms with Crippen LogP contribution in [-0.4, -0.2) is 60.9 Å². The molecule has 0 saturated carbocycles. The van der Waals surface area contributed by atoms with E-state index in [9.17, 15) is 9.59 Å². The van der Waals surface area contributed by atoms with Crippen LogP contribution in [0.15, 0.2) is 24.3 Å². The van der Waals surface area contributed by atoms with E-state index in [1.165, 1.54) is 0 Å². The van der Waals surface area contributed by atoms with Gasteiger partial charge in [-0.1, -0.05) is 11.6 Å². The minimum atomic E-state index is -0.0712. The number of amides is 2. The number of carbonyl (C=O) groups is 2. The van der Waals surface area contributed by atoms with Crippen molar-refractivity contribution >= 4 is 23.4 Å². The first kappa shape index (κ1) is 16.3. The van der Waals surface area contributed by atoms with Gasteiger partial charge in [0.15, 0.2) is 0 Å². The topological polar surface area (TPSA) is 52.7 Å². The Bertz CT molecular complexity index is 570. The first-order chi connectivity index (χ1) is 11.1. The van der Waals surface area contributed by atoms with E-state index in [2.05, 4.69) is 5.32 Å². The molecule has 23 heavy (non-hydrogen) atoms. The summed E-state index contributed by atoms with van der Waals surface area (Å²) in [6.45, 7) is 4.47.